The van der Waals surface area contributed by atoms with Gasteiger partial charge in [-0.1, -0.05) is 18.2 Å². The number of hydrogen-bond donors (Lipinski definition) is 3. The van der Waals surface area contributed by atoms with E-state index in [1.54, 1.807) is 47.5 Å². The molecule has 3 N–H and O–H groups in total. The fourth-order valence-corrected chi connectivity index (χ4v) is 2.40. The van der Waals surface area contributed by atoms with Crippen molar-refractivity contribution in [3.8, 4) is 0 Å². The van der Waals surface area contributed by atoms with Gasteiger partial charge in [0.15, 0.2) is 0 Å². The molecule has 0 radical (unpaired) electrons. The quantitative estimate of drug-likeness (QED) is 0.193. The number of likely N-dealkylation sites (N-methyl/N-ethyl adjacent to an activating group) is 1. The van der Waals surface area contributed by atoms with Crippen LogP contribution in [0.3, 0.4) is 0 Å². The van der Waals surface area contributed by atoms with Crippen molar-refractivity contribution in [3.05, 3.63) is 65.7 Å². The lowest BCUT2D eigenvalue weighted by molar-refractivity contribution is -0.709. The highest BCUT2D eigenvalue weighted by molar-refractivity contribution is 5.94. The van der Waals surface area contributed by atoms with Gasteiger partial charge in [0, 0.05) is 54.2 Å². The fraction of sp³-hybridized carbons (Fsp3) is 0.250. The van der Waals surface area contributed by atoms with Crippen LogP contribution in [0.25, 0.3) is 0 Å². The van der Waals surface area contributed by atoms with Gasteiger partial charge in [0.2, 0.25) is 12.6 Å². The van der Waals surface area contributed by atoms with Crippen molar-refractivity contribution in [3.63, 3.8) is 0 Å². The zero-order valence-corrected chi connectivity index (χ0v) is 15.3. The first-order valence-corrected chi connectivity index (χ1v) is 8.74. The predicted molar refractivity (Wildman–Crippen MR) is 104 cm³/mol. The number of carbonyl (C=O) groups is 2. The molecule has 2 rings (SSSR count). The van der Waals surface area contributed by atoms with Crippen molar-refractivity contribution >= 4 is 24.2 Å². The van der Waals surface area contributed by atoms with E-state index >= 15 is 0 Å². The molecule has 0 aliphatic rings. The third-order valence-corrected chi connectivity index (χ3v) is 3.95. The molecule has 0 saturated carbocycles. The monoisotopic (exact) mass is 369 g/mol. The molecule has 2 aromatic rings. The molecule has 0 heterocycles. The SMILES string of the molecule is CNCCN(C=O)CCNC(=O)c1ccc(/C=[N+](\O)c2ccccc2)cc1. The number of carbonyl (C=O) groups excluding carboxylic acids is 2. The molecule has 0 fully saturated rings. The van der Waals surface area contributed by atoms with Crippen LogP contribution in [0.15, 0.2) is 54.6 Å². The summed E-state index contributed by atoms with van der Waals surface area (Å²) in [6.07, 6.45) is 2.35. The number of para-hydroxylation sites is 1. The lowest BCUT2D eigenvalue weighted by atomic mass is 10.1. The lowest BCUT2D eigenvalue weighted by Gasteiger charge is -2.17. The predicted octanol–water partition coefficient (Wildman–Crippen LogP) is 1.25. The minimum absolute atomic E-state index is 0.204. The molecule has 2 aromatic carbocycles. The molecule has 0 aliphatic carbocycles. The second-order valence-corrected chi connectivity index (χ2v) is 5.93. The summed E-state index contributed by atoms with van der Waals surface area (Å²) in [6.45, 7) is 2.14. The summed E-state index contributed by atoms with van der Waals surface area (Å²) < 4.78 is 1.04. The van der Waals surface area contributed by atoms with Crippen molar-refractivity contribution in [2.45, 2.75) is 0 Å². The lowest BCUT2D eigenvalue weighted by Crippen LogP contribution is -2.37. The van der Waals surface area contributed by atoms with Gasteiger partial charge in [-0.2, -0.15) is 0 Å². The average molecular weight is 369 g/mol. The molecular weight excluding hydrogens is 344 g/mol. The van der Waals surface area contributed by atoms with Gasteiger partial charge in [-0.25, -0.2) is 0 Å². The highest BCUT2D eigenvalue weighted by Crippen LogP contribution is 2.09. The van der Waals surface area contributed by atoms with E-state index in [0.717, 1.165) is 16.7 Å². The average Bonchev–Trinajstić information content (AvgIpc) is 2.71. The Bertz CT molecular complexity index is 761. The number of rotatable bonds is 10. The molecule has 142 valence electrons. The Kier molecular flexibility index (Phi) is 7.99. The normalized spacial score (nSPS) is 11.1. The van der Waals surface area contributed by atoms with Crippen LogP contribution in [0.5, 0.6) is 0 Å². The Morgan fingerprint density at radius 2 is 1.74 bits per heavy atom. The van der Waals surface area contributed by atoms with E-state index in [1.165, 1.54) is 0 Å². The minimum atomic E-state index is -0.204. The molecule has 0 saturated heterocycles. The number of nitrogens with zero attached hydrogens (tertiary/aromatic N) is 2. The third kappa shape index (κ3) is 6.56. The van der Waals surface area contributed by atoms with Gasteiger partial charge >= 0.3 is 0 Å². The first kappa shape index (κ1) is 20.1. The van der Waals surface area contributed by atoms with Gasteiger partial charge in [-0.05, 0) is 31.3 Å². The van der Waals surface area contributed by atoms with E-state index in [4.69, 9.17) is 0 Å². The summed E-state index contributed by atoms with van der Waals surface area (Å²) in [7, 11) is 1.82. The van der Waals surface area contributed by atoms with Gasteiger partial charge in [0.25, 0.3) is 11.6 Å². The number of nitrogens with one attached hydrogen (secondary N) is 2. The largest absolute Gasteiger partial charge is 0.350 e. The molecule has 0 aliphatic heterocycles. The molecule has 0 aromatic heterocycles. The molecule has 7 heteroatoms. The van der Waals surface area contributed by atoms with Gasteiger partial charge in [0.1, 0.15) is 0 Å². The summed E-state index contributed by atoms with van der Waals surface area (Å²) in [6, 6.07) is 16.0. The summed E-state index contributed by atoms with van der Waals surface area (Å²) >= 11 is 0. The Morgan fingerprint density at radius 1 is 1.07 bits per heavy atom. The minimum Gasteiger partial charge on any atom is -0.350 e. The molecule has 2 amide bonds. The number of hydrogen-bond acceptors (Lipinski definition) is 4. The van der Waals surface area contributed by atoms with Crippen LogP contribution in [0, 0.1) is 0 Å². The first-order valence-electron chi connectivity index (χ1n) is 8.74. The second kappa shape index (κ2) is 10.7. The van der Waals surface area contributed by atoms with Gasteiger partial charge < -0.3 is 15.5 Å². The summed E-state index contributed by atoms with van der Waals surface area (Å²) in [5.41, 5.74) is 1.93. The van der Waals surface area contributed by atoms with Gasteiger partial charge in [0.05, 0.1) is 0 Å². The van der Waals surface area contributed by atoms with E-state index in [-0.39, 0.29) is 5.91 Å². The molecule has 0 unspecified atom stereocenters. The van der Waals surface area contributed by atoms with Crippen LogP contribution in [-0.2, 0) is 4.79 Å². The molecule has 27 heavy (non-hydrogen) atoms. The molecule has 0 bridgehead atoms. The molecule has 7 nitrogen and oxygen atoms in total. The van der Waals surface area contributed by atoms with E-state index in [9.17, 15) is 14.8 Å². The Hall–Kier alpha value is -3.19. The van der Waals surface area contributed by atoms with Crippen molar-refractivity contribution < 1.29 is 19.5 Å². The van der Waals surface area contributed by atoms with Crippen molar-refractivity contribution in [1.29, 1.82) is 0 Å². The highest BCUT2D eigenvalue weighted by Gasteiger charge is 2.09. The van der Waals surface area contributed by atoms with Crippen LogP contribution in [0.2, 0.25) is 0 Å². The smallest absolute Gasteiger partial charge is 0.257 e. The van der Waals surface area contributed by atoms with Gasteiger partial charge in [-0.3, -0.25) is 14.8 Å². The molecule has 0 atom stereocenters. The Balaban J connectivity index is 1.89. The van der Waals surface area contributed by atoms with E-state index in [0.29, 0.717) is 37.4 Å². The van der Waals surface area contributed by atoms with Crippen LogP contribution >= 0.6 is 0 Å². The zero-order valence-electron chi connectivity index (χ0n) is 15.3. The maximum absolute atomic E-state index is 12.2. The second-order valence-electron chi connectivity index (χ2n) is 5.93. The van der Waals surface area contributed by atoms with E-state index in [2.05, 4.69) is 10.6 Å². The van der Waals surface area contributed by atoms with E-state index < -0.39 is 0 Å². The van der Waals surface area contributed by atoms with E-state index in [1.807, 2.05) is 25.2 Å². The summed E-state index contributed by atoms with van der Waals surface area (Å²) in [4.78, 5) is 24.7. The Morgan fingerprint density at radius 3 is 2.37 bits per heavy atom. The van der Waals surface area contributed by atoms with Crippen LogP contribution in [0.4, 0.5) is 5.69 Å². The Labute approximate surface area is 158 Å². The van der Waals surface area contributed by atoms with Crippen molar-refractivity contribution in [2.24, 2.45) is 0 Å². The first-order chi connectivity index (χ1) is 13.1. The highest BCUT2D eigenvalue weighted by atomic mass is 16.5. The maximum Gasteiger partial charge on any atom is 0.257 e. The summed E-state index contributed by atoms with van der Waals surface area (Å²) in [5.74, 6) is -0.204. The molecule has 0 spiro atoms. The topological polar surface area (TPSA) is 84.7 Å². The van der Waals surface area contributed by atoms with Crippen molar-refractivity contribution in [2.75, 3.05) is 33.2 Å². The number of benzene rings is 2. The maximum atomic E-state index is 12.2. The zero-order chi connectivity index (χ0) is 19.5. The third-order valence-electron chi connectivity index (χ3n) is 3.95. The standard InChI is InChI=1S/C20H24N4O3/c1-21-11-13-23(16-25)14-12-22-20(26)18-9-7-17(8-10-18)15-24(27)19-5-3-2-4-6-19/h2-10,15-16,21H,11-14H2,1H3,(H-,22,26,27)/p+1. The van der Waals surface area contributed by atoms with Crippen LogP contribution in [-0.4, -0.2) is 66.6 Å². The van der Waals surface area contributed by atoms with Gasteiger partial charge in [-0.15, -0.1) is 0 Å². The van der Waals surface area contributed by atoms with Crippen LogP contribution < -0.4 is 10.6 Å². The fourth-order valence-electron chi connectivity index (χ4n) is 2.40. The van der Waals surface area contributed by atoms with Crippen molar-refractivity contribution in [1.82, 2.24) is 15.5 Å². The molecular formula is C20H25N4O3+. The summed E-state index contributed by atoms with van der Waals surface area (Å²) in [5, 5.41) is 15.8. The van der Waals surface area contributed by atoms with Crippen LogP contribution in [0.1, 0.15) is 15.9 Å². The number of amides is 2.